The molecule has 0 aromatic heterocycles. The molecule has 0 N–H and O–H groups in total. The van der Waals surface area contributed by atoms with Crippen LogP contribution < -0.4 is 0 Å². The quantitative estimate of drug-likeness (QED) is 0.130. The van der Waals surface area contributed by atoms with Gasteiger partial charge in [0.25, 0.3) is 0 Å². The molecule has 0 unspecified atom stereocenters. The van der Waals surface area contributed by atoms with E-state index in [0.29, 0.717) is 0 Å². The van der Waals surface area contributed by atoms with Gasteiger partial charge in [-0.3, -0.25) is 0 Å². The van der Waals surface area contributed by atoms with Crippen LogP contribution in [0.3, 0.4) is 0 Å². The minimum atomic E-state index is 0.0427. The lowest BCUT2D eigenvalue weighted by Gasteiger charge is -2.18. The van der Waals surface area contributed by atoms with Gasteiger partial charge in [0.2, 0.25) is 0 Å². The van der Waals surface area contributed by atoms with E-state index in [-0.39, 0.29) is 31.6 Å². The van der Waals surface area contributed by atoms with Crippen molar-refractivity contribution in [2.45, 2.75) is 116 Å². The Morgan fingerprint density at radius 2 is 0.821 bits per heavy atom. The minimum Gasteiger partial charge on any atom is -0.353 e. The van der Waals surface area contributed by atoms with E-state index >= 15 is 0 Å². The molecule has 4 nitrogen and oxygen atoms in total. The molecule has 0 aliphatic heterocycles. The molecule has 0 aliphatic rings. The summed E-state index contributed by atoms with van der Waals surface area (Å²) < 4.78 is 23.3. The second kappa shape index (κ2) is 23.6. The SMILES string of the molecule is CCCOC(CCC[SiH2]CC[SiH2]CCCC(OCCC)OCCC)OCCC. The first-order valence-electron chi connectivity index (χ1n) is 12.2. The van der Waals surface area contributed by atoms with Crippen molar-refractivity contribution in [1.29, 1.82) is 0 Å². The predicted molar refractivity (Wildman–Crippen MR) is 127 cm³/mol. The summed E-state index contributed by atoms with van der Waals surface area (Å²) in [6.07, 6.45) is 9.12. The molecule has 0 saturated heterocycles. The van der Waals surface area contributed by atoms with Gasteiger partial charge >= 0.3 is 0 Å². The first-order chi connectivity index (χ1) is 13.8. The van der Waals surface area contributed by atoms with Gasteiger partial charge in [0, 0.05) is 45.5 Å². The predicted octanol–water partition coefficient (Wildman–Crippen LogP) is 4.92. The van der Waals surface area contributed by atoms with Crippen molar-refractivity contribution >= 4 is 19.0 Å². The van der Waals surface area contributed by atoms with Crippen molar-refractivity contribution in [2.24, 2.45) is 0 Å². The molecule has 0 bridgehead atoms. The highest BCUT2D eigenvalue weighted by Gasteiger charge is 2.09. The van der Waals surface area contributed by atoms with E-state index in [2.05, 4.69) is 27.7 Å². The Labute approximate surface area is 180 Å². The van der Waals surface area contributed by atoms with E-state index in [1.807, 2.05) is 0 Å². The second-order valence-corrected chi connectivity index (χ2v) is 12.0. The van der Waals surface area contributed by atoms with Gasteiger partial charge in [-0.05, 0) is 38.5 Å². The van der Waals surface area contributed by atoms with E-state index in [4.69, 9.17) is 18.9 Å². The van der Waals surface area contributed by atoms with Gasteiger partial charge in [-0.1, -0.05) is 64.7 Å². The lowest BCUT2D eigenvalue weighted by molar-refractivity contribution is -0.146. The van der Waals surface area contributed by atoms with Crippen LogP contribution in [-0.2, 0) is 18.9 Å². The molecule has 0 fully saturated rings. The van der Waals surface area contributed by atoms with Crippen LogP contribution in [0.1, 0.15) is 79.1 Å². The van der Waals surface area contributed by atoms with Gasteiger partial charge in [-0.25, -0.2) is 0 Å². The van der Waals surface area contributed by atoms with Crippen LogP contribution in [0.25, 0.3) is 0 Å². The molecular formula is C22H50O4Si2. The maximum Gasteiger partial charge on any atom is 0.157 e. The average Bonchev–Trinajstić information content (AvgIpc) is 2.72. The Hall–Kier alpha value is 0.274. The minimum absolute atomic E-state index is 0.0427. The van der Waals surface area contributed by atoms with Crippen molar-refractivity contribution in [3.05, 3.63) is 0 Å². The van der Waals surface area contributed by atoms with Crippen molar-refractivity contribution in [3.8, 4) is 0 Å². The molecule has 0 aliphatic carbocycles. The fourth-order valence-corrected chi connectivity index (χ4v) is 7.93. The molecule has 28 heavy (non-hydrogen) atoms. The molecule has 0 rings (SSSR count). The number of ether oxygens (including phenoxy) is 4. The Bertz CT molecular complexity index is 252. The van der Waals surface area contributed by atoms with E-state index < -0.39 is 0 Å². The Morgan fingerprint density at radius 3 is 1.11 bits per heavy atom. The van der Waals surface area contributed by atoms with Crippen molar-refractivity contribution in [1.82, 2.24) is 0 Å². The number of hydrogen-bond donors (Lipinski definition) is 0. The lowest BCUT2D eigenvalue weighted by Crippen LogP contribution is -2.18. The molecule has 0 aromatic carbocycles. The molecule has 0 amide bonds. The zero-order chi connectivity index (χ0) is 20.7. The summed E-state index contributed by atoms with van der Waals surface area (Å²) in [5.41, 5.74) is 0. The van der Waals surface area contributed by atoms with E-state index in [1.54, 1.807) is 12.1 Å². The molecule has 0 radical (unpaired) electrons. The maximum absolute atomic E-state index is 5.81. The maximum atomic E-state index is 5.81. The van der Waals surface area contributed by atoms with Crippen molar-refractivity contribution in [2.75, 3.05) is 26.4 Å². The third kappa shape index (κ3) is 19.6. The van der Waals surface area contributed by atoms with E-state index in [9.17, 15) is 0 Å². The van der Waals surface area contributed by atoms with E-state index in [1.165, 1.54) is 24.9 Å². The molecule has 0 aromatic rings. The van der Waals surface area contributed by atoms with Crippen LogP contribution in [-0.4, -0.2) is 58.0 Å². The van der Waals surface area contributed by atoms with Crippen molar-refractivity contribution in [3.63, 3.8) is 0 Å². The Kier molecular flexibility index (Phi) is 23.8. The van der Waals surface area contributed by atoms with Crippen LogP contribution in [0.2, 0.25) is 24.2 Å². The first kappa shape index (κ1) is 28.3. The van der Waals surface area contributed by atoms with Gasteiger partial charge < -0.3 is 18.9 Å². The van der Waals surface area contributed by atoms with Crippen LogP contribution in [0.5, 0.6) is 0 Å². The van der Waals surface area contributed by atoms with E-state index in [0.717, 1.165) is 65.0 Å². The summed E-state index contributed by atoms with van der Waals surface area (Å²) in [6.45, 7) is 11.9. The normalized spacial score (nSPS) is 12.6. The average molecular weight is 435 g/mol. The van der Waals surface area contributed by atoms with Crippen LogP contribution in [0.4, 0.5) is 0 Å². The topological polar surface area (TPSA) is 36.9 Å². The highest BCUT2D eigenvalue weighted by molar-refractivity contribution is 6.42. The summed E-state index contributed by atoms with van der Waals surface area (Å²) >= 11 is 0. The van der Waals surface area contributed by atoms with Crippen LogP contribution in [0, 0.1) is 0 Å². The molecule has 0 saturated carbocycles. The molecule has 6 heteroatoms. The highest BCUT2D eigenvalue weighted by Crippen LogP contribution is 2.11. The summed E-state index contributed by atoms with van der Waals surface area (Å²) in [5, 5.41) is 0. The molecule has 0 spiro atoms. The standard InChI is InChI=1S/C22H50O4Si2/c1-5-13-23-21(24-14-6-2)11-9-17-27-19-20-28-18-10-12-22(25-15-7-3)26-16-8-4/h21-22H,5-20,27-28H2,1-4H3. The van der Waals surface area contributed by atoms with Gasteiger partial charge in [0.15, 0.2) is 12.6 Å². The third-order valence-corrected chi connectivity index (χ3v) is 9.66. The molecular weight excluding hydrogens is 384 g/mol. The molecule has 0 heterocycles. The Balaban J connectivity index is 3.55. The number of rotatable bonds is 23. The zero-order valence-corrected chi connectivity index (χ0v) is 22.3. The third-order valence-electron chi connectivity index (χ3n) is 4.66. The van der Waals surface area contributed by atoms with Gasteiger partial charge in [0.1, 0.15) is 0 Å². The van der Waals surface area contributed by atoms with Gasteiger partial charge in [0.05, 0.1) is 0 Å². The van der Waals surface area contributed by atoms with Gasteiger partial charge in [-0.2, -0.15) is 0 Å². The highest BCUT2D eigenvalue weighted by atomic mass is 28.2. The fraction of sp³-hybridized carbons (Fsp3) is 1.00. The number of hydrogen-bond acceptors (Lipinski definition) is 4. The van der Waals surface area contributed by atoms with Gasteiger partial charge in [-0.15, -0.1) is 0 Å². The zero-order valence-electron chi connectivity index (χ0n) is 19.5. The largest absolute Gasteiger partial charge is 0.353 e. The molecule has 170 valence electrons. The smallest absolute Gasteiger partial charge is 0.157 e. The fourth-order valence-electron chi connectivity index (χ4n) is 3.11. The lowest BCUT2D eigenvalue weighted by atomic mass is 10.3. The molecule has 0 atom stereocenters. The summed E-state index contributed by atoms with van der Waals surface area (Å²) in [5.74, 6) is 0. The van der Waals surface area contributed by atoms with Crippen molar-refractivity contribution < 1.29 is 18.9 Å². The summed E-state index contributed by atoms with van der Waals surface area (Å²) in [4.78, 5) is 0. The monoisotopic (exact) mass is 434 g/mol. The summed E-state index contributed by atoms with van der Waals surface area (Å²) in [6, 6.07) is 6.00. The first-order valence-corrected chi connectivity index (χ1v) is 16.2. The second-order valence-electron chi connectivity index (χ2n) is 7.75. The van der Waals surface area contributed by atoms with Crippen LogP contribution >= 0.6 is 0 Å². The Morgan fingerprint density at radius 1 is 0.500 bits per heavy atom. The van der Waals surface area contributed by atoms with Crippen LogP contribution in [0.15, 0.2) is 0 Å². The summed E-state index contributed by atoms with van der Waals surface area (Å²) in [7, 11) is 0.263.